The summed E-state index contributed by atoms with van der Waals surface area (Å²) in [5.74, 6) is -0.999. The molecule has 1 aliphatic rings. The van der Waals surface area contributed by atoms with Crippen LogP contribution in [0.4, 0.5) is 0 Å². The fourth-order valence-electron chi connectivity index (χ4n) is 2.40. The van der Waals surface area contributed by atoms with Crippen molar-refractivity contribution in [3.63, 3.8) is 0 Å². The molecule has 21 heavy (non-hydrogen) atoms. The highest BCUT2D eigenvalue weighted by molar-refractivity contribution is 7.80. The van der Waals surface area contributed by atoms with E-state index in [1.54, 1.807) is 30.0 Å². The number of carboxylic acids is 1. The molecule has 1 atom stereocenters. The van der Waals surface area contributed by atoms with E-state index in [9.17, 15) is 9.90 Å². The Balaban J connectivity index is 2.65. The lowest BCUT2D eigenvalue weighted by Gasteiger charge is -2.39. The van der Waals surface area contributed by atoms with Gasteiger partial charge in [0.1, 0.15) is 0 Å². The van der Waals surface area contributed by atoms with E-state index in [0.29, 0.717) is 27.9 Å². The number of benzene rings is 1. The molecule has 0 aromatic heterocycles. The molecular formula is C15H15ClN2O2S. The van der Waals surface area contributed by atoms with Crippen molar-refractivity contribution < 1.29 is 9.90 Å². The maximum atomic E-state index is 11.7. The zero-order valence-electron chi connectivity index (χ0n) is 11.5. The van der Waals surface area contributed by atoms with Crippen LogP contribution in [0, 0.1) is 0 Å². The average molecular weight is 323 g/mol. The number of allylic oxidation sites excluding steroid dienone is 1. The predicted octanol–water partition coefficient (Wildman–Crippen LogP) is 3.12. The summed E-state index contributed by atoms with van der Waals surface area (Å²) in [6.45, 7) is 5.82. The third-order valence-corrected chi connectivity index (χ3v) is 3.98. The molecule has 2 N–H and O–H groups in total. The summed E-state index contributed by atoms with van der Waals surface area (Å²) in [6.07, 6.45) is 1.68. The highest BCUT2D eigenvalue weighted by Gasteiger charge is 2.36. The van der Waals surface area contributed by atoms with Crippen LogP contribution in [0.3, 0.4) is 0 Å². The highest BCUT2D eigenvalue weighted by Crippen LogP contribution is 2.36. The van der Waals surface area contributed by atoms with Gasteiger partial charge in [0.25, 0.3) is 0 Å². The molecule has 4 nitrogen and oxygen atoms in total. The van der Waals surface area contributed by atoms with Gasteiger partial charge in [-0.15, -0.1) is 6.58 Å². The number of hydrogen-bond acceptors (Lipinski definition) is 2. The Kier molecular flexibility index (Phi) is 4.65. The molecule has 0 amide bonds. The van der Waals surface area contributed by atoms with Crippen molar-refractivity contribution in [2.45, 2.75) is 13.0 Å². The SMILES string of the molecule is C=CCN1C(=S)NC(C)=C(C(=O)O)C1c1ccccc1Cl. The second-order valence-electron chi connectivity index (χ2n) is 4.64. The van der Waals surface area contributed by atoms with E-state index in [-0.39, 0.29) is 5.57 Å². The van der Waals surface area contributed by atoms with E-state index >= 15 is 0 Å². The molecule has 0 saturated heterocycles. The number of halogens is 1. The average Bonchev–Trinajstić information content (AvgIpc) is 2.41. The minimum absolute atomic E-state index is 0.235. The van der Waals surface area contributed by atoms with Crippen LogP contribution in [0.15, 0.2) is 48.2 Å². The number of rotatable bonds is 4. The van der Waals surface area contributed by atoms with E-state index in [4.69, 9.17) is 23.8 Å². The third-order valence-electron chi connectivity index (χ3n) is 3.30. The van der Waals surface area contributed by atoms with Crippen molar-refractivity contribution >= 4 is 34.9 Å². The molecule has 0 radical (unpaired) electrons. The van der Waals surface area contributed by atoms with E-state index in [1.807, 2.05) is 12.1 Å². The summed E-state index contributed by atoms with van der Waals surface area (Å²) in [7, 11) is 0. The van der Waals surface area contributed by atoms with Gasteiger partial charge in [-0.25, -0.2) is 4.79 Å². The van der Waals surface area contributed by atoms with Crippen molar-refractivity contribution in [3.8, 4) is 0 Å². The molecule has 0 saturated carbocycles. The summed E-state index contributed by atoms with van der Waals surface area (Å²) in [4.78, 5) is 13.4. The quantitative estimate of drug-likeness (QED) is 0.659. The number of hydrogen-bond donors (Lipinski definition) is 2. The molecule has 0 bridgehead atoms. The first-order chi connectivity index (χ1) is 9.97. The number of nitrogens with one attached hydrogen (secondary N) is 1. The van der Waals surface area contributed by atoms with Gasteiger partial charge < -0.3 is 15.3 Å². The van der Waals surface area contributed by atoms with Gasteiger partial charge in [0.15, 0.2) is 5.11 Å². The first kappa shape index (κ1) is 15.5. The lowest BCUT2D eigenvalue weighted by Crippen LogP contribution is -2.48. The van der Waals surface area contributed by atoms with Gasteiger partial charge >= 0.3 is 5.97 Å². The highest BCUT2D eigenvalue weighted by atomic mass is 35.5. The van der Waals surface area contributed by atoms with Gasteiger partial charge in [-0.2, -0.15) is 0 Å². The van der Waals surface area contributed by atoms with Gasteiger partial charge in [0, 0.05) is 17.3 Å². The van der Waals surface area contributed by atoms with Crippen molar-refractivity contribution in [2.75, 3.05) is 6.54 Å². The van der Waals surface area contributed by atoms with Crippen LogP contribution in [-0.2, 0) is 4.79 Å². The van der Waals surface area contributed by atoms with E-state index in [1.165, 1.54) is 0 Å². The second kappa shape index (κ2) is 6.28. The van der Waals surface area contributed by atoms with Gasteiger partial charge in [0.2, 0.25) is 0 Å². The lowest BCUT2D eigenvalue weighted by molar-refractivity contribution is -0.133. The fraction of sp³-hybridized carbons (Fsp3) is 0.200. The van der Waals surface area contributed by atoms with Crippen LogP contribution in [-0.4, -0.2) is 27.6 Å². The minimum atomic E-state index is -0.999. The maximum Gasteiger partial charge on any atom is 0.335 e. The molecule has 110 valence electrons. The third kappa shape index (κ3) is 2.94. The van der Waals surface area contributed by atoms with Crippen LogP contribution in [0.2, 0.25) is 5.02 Å². The summed E-state index contributed by atoms with van der Waals surface area (Å²) < 4.78 is 0. The van der Waals surface area contributed by atoms with Crippen LogP contribution in [0.5, 0.6) is 0 Å². The van der Waals surface area contributed by atoms with Crippen molar-refractivity contribution in [3.05, 3.63) is 58.8 Å². The Morgan fingerprint density at radius 2 is 2.24 bits per heavy atom. The molecule has 1 unspecified atom stereocenters. The first-order valence-electron chi connectivity index (χ1n) is 6.34. The predicted molar refractivity (Wildman–Crippen MR) is 87.2 cm³/mol. The van der Waals surface area contributed by atoms with Crippen LogP contribution >= 0.6 is 23.8 Å². The summed E-state index contributed by atoms with van der Waals surface area (Å²) >= 11 is 11.6. The largest absolute Gasteiger partial charge is 0.478 e. The Morgan fingerprint density at radius 1 is 1.57 bits per heavy atom. The van der Waals surface area contributed by atoms with Crippen molar-refractivity contribution in [1.29, 1.82) is 0 Å². The van der Waals surface area contributed by atoms with E-state index in [2.05, 4.69) is 11.9 Å². The van der Waals surface area contributed by atoms with Crippen LogP contribution < -0.4 is 5.32 Å². The Hall–Kier alpha value is -1.85. The zero-order valence-corrected chi connectivity index (χ0v) is 13.0. The van der Waals surface area contributed by atoms with Crippen LogP contribution in [0.25, 0.3) is 0 Å². The molecule has 2 rings (SSSR count). The number of carbonyl (C=O) groups is 1. The van der Waals surface area contributed by atoms with E-state index in [0.717, 1.165) is 0 Å². The summed E-state index contributed by atoms with van der Waals surface area (Å²) in [5, 5.41) is 13.5. The van der Waals surface area contributed by atoms with Gasteiger partial charge in [0.05, 0.1) is 11.6 Å². The molecule has 0 fully saturated rings. The summed E-state index contributed by atoms with van der Waals surface area (Å²) in [6, 6.07) is 6.64. The Morgan fingerprint density at radius 3 is 2.81 bits per heavy atom. The van der Waals surface area contributed by atoms with Gasteiger partial charge in [-0.3, -0.25) is 0 Å². The Bertz CT molecular complexity index is 642. The second-order valence-corrected chi connectivity index (χ2v) is 5.43. The van der Waals surface area contributed by atoms with Crippen molar-refractivity contribution in [2.24, 2.45) is 0 Å². The summed E-state index contributed by atoms with van der Waals surface area (Å²) in [5.41, 5.74) is 1.47. The van der Waals surface area contributed by atoms with Gasteiger partial charge in [-0.05, 0) is 30.8 Å². The number of nitrogens with zero attached hydrogens (tertiary/aromatic N) is 1. The fourth-order valence-corrected chi connectivity index (χ4v) is 2.97. The molecule has 1 aliphatic heterocycles. The molecule has 1 aromatic carbocycles. The molecule has 6 heteroatoms. The number of thiocarbonyl (C=S) groups is 1. The lowest BCUT2D eigenvalue weighted by atomic mass is 9.94. The molecule has 0 spiro atoms. The molecule has 1 aromatic rings. The Labute approximate surface area is 133 Å². The molecular weight excluding hydrogens is 308 g/mol. The molecule has 1 heterocycles. The zero-order chi connectivity index (χ0) is 15.6. The minimum Gasteiger partial charge on any atom is -0.478 e. The van der Waals surface area contributed by atoms with E-state index < -0.39 is 12.0 Å². The normalized spacial score (nSPS) is 18.5. The van der Waals surface area contributed by atoms with Crippen LogP contribution in [0.1, 0.15) is 18.5 Å². The maximum absolute atomic E-state index is 11.7. The topological polar surface area (TPSA) is 52.6 Å². The van der Waals surface area contributed by atoms with Crippen molar-refractivity contribution in [1.82, 2.24) is 10.2 Å². The molecule has 0 aliphatic carbocycles. The number of carboxylic acid groups (broad SMARTS) is 1. The standard InChI is InChI=1S/C15H15ClN2O2S/c1-3-8-18-13(10-6-4-5-7-11(10)16)12(14(19)20)9(2)17-15(18)21/h3-7,13H,1,8H2,2H3,(H,17,21)(H,19,20). The van der Waals surface area contributed by atoms with Gasteiger partial charge in [-0.1, -0.05) is 35.9 Å². The first-order valence-corrected chi connectivity index (χ1v) is 7.13. The number of aliphatic carboxylic acids is 1. The monoisotopic (exact) mass is 322 g/mol. The smallest absolute Gasteiger partial charge is 0.335 e.